The summed E-state index contributed by atoms with van der Waals surface area (Å²) in [6.45, 7) is 7.24. The van der Waals surface area contributed by atoms with Crippen LogP contribution in [0.1, 0.15) is 32.3 Å². The summed E-state index contributed by atoms with van der Waals surface area (Å²) >= 11 is 0. The van der Waals surface area contributed by atoms with Crippen LogP contribution in [0.25, 0.3) is 16.6 Å². The van der Waals surface area contributed by atoms with Crippen LogP contribution >= 0.6 is 0 Å². The van der Waals surface area contributed by atoms with Crippen molar-refractivity contribution in [1.29, 1.82) is 5.26 Å². The molecular formula is C25H30N6O3. The largest absolute Gasteiger partial charge is 0.490 e. The highest BCUT2D eigenvalue weighted by Crippen LogP contribution is 2.31. The summed E-state index contributed by atoms with van der Waals surface area (Å²) in [4.78, 5) is 21.2. The predicted molar refractivity (Wildman–Crippen MR) is 129 cm³/mol. The summed E-state index contributed by atoms with van der Waals surface area (Å²) in [7, 11) is 0. The molecule has 1 aliphatic rings. The lowest BCUT2D eigenvalue weighted by Crippen LogP contribution is -2.49. The number of ether oxygens (including phenoxy) is 1. The Bertz CT molecular complexity index is 1170. The van der Waals surface area contributed by atoms with Crippen LogP contribution in [0.3, 0.4) is 0 Å². The molecule has 4 rings (SSSR count). The number of nitrogens with zero attached hydrogens (tertiary/aromatic N) is 6. The van der Waals surface area contributed by atoms with Crippen LogP contribution in [0.5, 0.6) is 5.75 Å². The van der Waals surface area contributed by atoms with E-state index in [-0.39, 0.29) is 19.1 Å². The lowest BCUT2D eigenvalue weighted by atomic mass is 10.1. The van der Waals surface area contributed by atoms with Crippen molar-refractivity contribution >= 4 is 17.2 Å². The second-order valence-electron chi connectivity index (χ2n) is 8.83. The molecular weight excluding hydrogens is 432 g/mol. The molecule has 1 saturated heterocycles. The van der Waals surface area contributed by atoms with Gasteiger partial charge in [-0.1, -0.05) is 13.8 Å². The standard InChI is InChI=1S/C25H30N6O3/c1-18(2)3-6-24(33)30-9-7-29(8-10-30)23-5-4-19(15-27-23)22-13-21(34-12-11-32)17-31-25(22)20(14-26)16-28-31/h4-5,13,15-18,32H,3,6-12H2,1-2H3. The molecule has 0 spiro atoms. The number of anilines is 1. The molecule has 0 saturated carbocycles. The van der Waals surface area contributed by atoms with Crippen molar-refractivity contribution in [3.8, 4) is 22.9 Å². The number of carbonyl (C=O) groups excluding carboxylic acids is 1. The van der Waals surface area contributed by atoms with Gasteiger partial charge in [-0.15, -0.1) is 0 Å². The highest BCUT2D eigenvalue weighted by Gasteiger charge is 2.22. The van der Waals surface area contributed by atoms with Crippen molar-refractivity contribution < 1.29 is 14.6 Å². The van der Waals surface area contributed by atoms with Crippen molar-refractivity contribution in [3.63, 3.8) is 0 Å². The fourth-order valence-corrected chi connectivity index (χ4v) is 4.13. The summed E-state index contributed by atoms with van der Waals surface area (Å²) in [6.07, 6.45) is 6.54. The van der Waals surface area contributed by atoms with E-state index in [1.165, 1.54) is 6.20 Å². The average Bonchev–Trinajstić information content (AvgIpc) is 3.29. The minimum absolute atomic E-state index is 0.0945. The van der Waals surface area contributed by atoms with E-state index in [0.717, 1.165) is 36.5 Å². The third-order valence-electron chi connectivity index (χ3n) is 6.02. The molecule has 9 heteroatoms. The van der Waals surface area contributed by atoms with Crippen molar-refractivity contribution in [1.82, 2.24) is 19.5 Å². The highest BCUT2D eigenvalue weighted by atomic mass is 16.5. The predicted octanol–water partition coefficient (Wildman–Crippen LogP) is 2.72. The number of aromatic nitrogens is 3. The first-order chi connectivity index (χ1) is 16.5. The van der Waals surface area contributed by atoms with Gasteiger partial charge in [0, 0.05) is 49.9 Å². The molecule has 0 unspecified atom stereocenters. The maximum Gasteiger partial charge on any atom is 0.222 e. The number of hydrogen-bond donors (Lipinski definition) is 1. The maximum atomic E-state index is 12.4. The first kappa shape index (κ1) is 23.5. The Hall–Kier alpha value is -3.64. The van der Waals surface area contributed by atoms with E-state index >= 15 is 0 Å². The molecule has 0 aliphatic carbocycles. The van der Waals surface area contributed by atoms with Crippen LogP contribution in [-0.2, 0) is 4.79 Å². The molecule has 3 aromatic heterocycles. The van der Waals surface area contributed by atoms with Crippen molar-refractivity contribution in [3.05, 3.63) is 42.4 Å². The van der Waals surface area contributed by atoms with Crippen molar-refractivity contribution in [2.24, 2.45) is 5.92 Å². The molecule has 1 fully saturated rings. The number of piperazine rings is 1. The number of rotatable bonds is 8. The monoisotopic (exact) mass is 462 g/mol. The number of aliphatic hydroxyl groups excluding tert-OH is 1. The van der Waals surface area contributed by atoms with Gasteiger partial charge in [-0.2, -0.15) is 10.4 Å². The third kappa shape index (κ3) is 5.13. The Balaban J connectivity index is 1.50. The first-order valence-electron chi connectivity index (χ1n) is 11.6. The van der Waals surface area contributed by atoms with Gasteiger partial charge in [0.25, 0.3) is 0 Å². The molecule has 1 amide bonds. The number of nitriles is 1. The summed E-state index contributed by atoms with van der Waals surface area (Å²) < 4.78 is 7.21. The smallest absolute Gasteiger partial charge is 0.222 e. The molecule has 0 atom stereocenters. The van der Waals surface area contributed by atoms with Gasteiger partial charge >= 0.3 is 0 Å². The van der Waals surface area contributed by atoms with Gasteiger partial charge in [0.1, 0.15) is 24.2 Å². The molecule has 9 nitrogen and oxygen atoms in total. The van der Waals surface area contributed by atoms with Crippen molar-refractivity contribution in [2.45, 2.75) is 26.7 Å². The summed E-state index contributed by atoms with van der Waals surface area (Å²) in [5.41, 5.74) is 2.76. The van der Waals surface area contributed by atoms with E-state index in [2.05, 4.69) is 34.9 Å². The first-order valence-corrected chi connectivity index (χ1v) is 11.6. The van der Waals surface area contributed by atoms with Crippen molar-refractivity contribution in [2.75, 3.05) is 44.3 Å². The number of pyridine rings is 2. The van der Waals surface area contributed by atoms with E-state index in [1.807, 2.05) is 23.1 Å². The van der Waals surface area contributed by atoms with Gasteiger partial charge in [-0.3, -0.25) is 4.79 Å². The van der Waals surface area contributed by atoms with Crippen LogP contribution in [0, 0.1) is 17.2 Å². The molecule has 178 valence electrons. The number of amides is 1. The van der Waals surface area contributed by atoms with Gasteiger partial charge in [0.15, 0.2) is 0 Å². The van der Waals surface area contributed by atoms with Crippen LogP contribution in [-0.4, -0.2) is 69.9 Å². The molecule has 3 aromatic rings. The molecule has 0 aromatic carbocycles. The number of aliphatic hydroxyl groups is 1. The average molecular weight is 463 g/mol. The van der Waals surface area contributed by atoms with Gasteiger partial charge in [0.2, 0.25) is 5.91 Å². The summed E-state index contributed by atoms with van der Waals surface area (Å²) in [6, 6.07) is 7.97. The van der Waals surface area contributed by atoms with E-state index in [4.69, 9.17) is 9.84 Å². The number of hydrogen-bond acceptors (Lipinski definition) is 7. The Kier molecular flexibility index (Phi) is 7.28. The van der Waals surface area contributed by atoms with Crippen LogP contribution in [0.15, 0.2) is 36.8 Å². The lowest BCUT2D eigenvalue weighted by Gasteiger charge is -2.35. The second-order valence-corrected chi connectivity index (χ2v) is 8.83. The fraction of sp³-hybridized carbons (Fsp3) is 0.440. The molecule has 1 N–H and O–H groups in total. The fourth-order valence-electron chi connectivity index (χ4n) is 4.13. The van der Waals surface area contributed by atoms with E-state index in [0.29, 0.717) is 42.3 Å². The zero-order valence-corrected chi connectivity index (χ0v) is 19.6. The number of fused-ring (bicyclic) bond motifs is 1. The van der Waals surface area contributed by atoms with Gasteiger partial charge < -0.3 is 19.6 Å². The van der Waals surface area contributed by atoms with Gasteiger partial charge in [-0.05, 0) is 30.5 Å². The number of carbonyl (C=O) groups is 1. The second kappa shape index (κ2) is 10.5. The third-order valence-corrected chi connectivity index (χ3v) is 6.02. The SMILES string of the molecule is CC(C)CCC(=O)N1CCN(c2ccc(-c3cc(OCCO)cn4ncc(C#N)c34)cn2)CC1. The zero-order valence-electron chi connectivity index (χ0n) is 19.6. The minimum atomic E-state index is -0.0945. The normalized spacial score (nSPS) is 14.0. The molecule has 0 radical (unpaired) electrons. The Morgan fingerprint density at radius 1 is 1.24 bits per heavy atom. The quantitative estimate of drug-likeness (QED) is 0.548. The Morgan fingerprint density at radius 2 is 2.03 bits per heavy atom. The summed E-state index contributed by atoms with van der Waals surface area (Å²) in [5, 5.41) is 22.9. The molecule has 0 bridgehead atoms. The molecule has 1 aliphatic heterocycles. The maximum absolute atomic E-state index is 12.4. The lowest BCUT2D eigenvalue weighted by molar-refractivity contribution is -0.131. The van der Waals surface area contributed by atoms with E-state index in [9.17, 15) is 10.1 Å². The Morgan fingerprint density at radius 3 is 2.68 bits per heavy atom. The topological polar surface area (TPSA) is 107 Å². The van der Waals surface area contributed by atoms with Crippen LogP contribution in [0.4, 0.5) is 5.82 Å². The van der Waals surface area contributed by atoms with Crippen LogP contribution < -0.4 is 9.64 Å². The summed E-state index contributed by atoms with van der Waals surface area (Å²) in [5.74, 6) is 2.17. The Labute approximate surface area is 199 Å². The molecule has 4 heterocycles. The van der Waals surface area contributed by atoms with E-state index < -0.39 is 0 Å². The van der Waals surface area contributed by atoms with Crippen LogP contribution in [0.2, 0.25) is 0 Å². The van der Waals surface area contributed by atoms with Gasteiger partial charge in [0.05, 0.1) is 30.1 Å². The van der Waals surface area contributed by atoms with E-state index in [1.54, 1.807) is 16.9 Å². The minimum Gasteiger partial charge on any atom is -0.490 e. The molecule has 34 heavy (non-hydrogen) atoms. The zero-order chi connectivity index (χ0) is 24.1. The van der Waals surface area contributed by atoms with Gasteiger partial charge in [-0.25, -0.2) is 9.50 Å². The highest BCUT2D eigenvalue weighted by molar-refractivity contribution is 5.85.